The van der Waals surface area contributed by atoms with E-state index >= 15 is 0 Å². The number of aromatic nitrogens is 2. The molecule has 16 nitrogen and oxygen atoms in total. The van der Waals surface area contributed by atoms with Crippen LogP contribution in [-0.4, -0.2) is 33.3 Å². The van der Waals surface area contributed by atoms with Gasteiger partial charge in [0.25, 0.3) is 5.69 Å². The number of phenolic OH excluding ortho intramolecular Hbond substituents is 2. The Balaban J connectivity index is 0.000000222. The number of aromatic hydroxyl groups is 2. The van der Waals surface area contributed by atoms with Crippen molar-refractivity contribution in [2.24, 2.45) is 20.5 Å². The molecule has 0 saturated carbocycles. The molecule has 0 aliphatic heterocycles. The zero-order valence-electron chi connectivity index (χ0n) is 25.5. The van der Waals surface area contributed by atoms with Crippen LogP contribution >= 0.6 is 0 Å². The molecule has 0 atom stereocenters. The van der Waals surface area contributed by atoms with Gasteiger partial charge in [0.1, 0.15) is 28.6 Å². The third-order valence-electron chi connectivity index (χ3n) is 6.79. The number of hydrogen-bond acceptors (Lipinski definition) is 13. The number of nitrogens with zero attached hydrogens (tertiary/aromatic N) is 7. The largest absolute Gasteiger partial charge is 3.00 e. The Hall–Kier alpha value is -6.21. The molecule has 1 aromatic heterocycles. The topological polar surface area (TPSA) is 255 Å². The Morgan fingerprint density at radius 2 is 1.42 bits per heavy atom. The third kappa shape index (κ3) is 8.25. The number of hydrogen-bond donors (Lipinski definition) is 2. The number of para-hydroxylation sites is 1. The van der Waals surface area contributed by atoms with Gasteiger partial charge in [-0.05, 0) is 48.7 Å². The van der Waals surface area contributed by atoms with Gasteiger partial charge in [0.15, 0.2) is 0 Å². The Morgan fingerprint density at radius 1 is 0.780 bits per heavy atom. The van der Waals surface area contributed by atoms with Crippen LogP contribution in [0.1, 0.15) is 5.69 Å². The smallest absolute Gasteiger partial charge is 0.871 e. The molecule has 50 heavy (non-hydrogen) atoms. The fourth-order valence-electron chi connectivity index (χ4n) is 4.36. The maximum atomic E-state index is 12.5. The second kappa shape index (κ2) is 15.3. The van der Waals surface area contributed by atoms with Crippen molar-refractivity contribution in [3.63, 3.8) is 0 Å². The summed E-state index contributed by atoms with van der Waals surface area (Å²) in [4.78, 5) is 9.81. The van der Waals surface area contributed by atoms with Crippen molar-refractivity contribution in [2.75, 3.05) is 0 Å². The molecule has 6 aromatic rings. The Bertz CT molecular complexity index is 2370. The van der Waals surface area contributed by atoms with Crippen LogP contribution in [0, 0.1) is 17.0 Å². The Kier molecular flexibility index (Phi) is 11.2. The Labute approximate surface area is 293 Å². The summed E-state index contributed by atoms with van der Waals surface area (Å²) in [6.07, 6.45) is 0. The van der Waals surface area contributed by atoms with Crippen LogP contribution in [0.15, 0.2) is 128 Å². The van der Waals surface area contributed by atoms with Gasteiger partial charge < -0.3 is 25.6 Å². The van der Waals surface area contributed by atoms with Gasteiger partial charge in [-0.3, -0.25) is 10.1 Å². The summed E-state index contributed by atoms with van der Waals surface area (Å²) in [5.41, 5.74) is 0.476. The van der Waals surface area contributed by atoms with E-state index in [1.807, 2.05) is 12.1 Å². The van der Waals surface area contributed by atoms with Crippen LogP contribution < -0.4 is 10.2 Å². The van der Waals surface area contributed by atoms with Gasteiger partial charge in [0.2, 0.25) is 0 Å². The van der Waals surface area contributed by atoms with E-state index in [9.17, 15) is 39.0 Å². The van der Waals surface area contributed by atoms with Gasteiger partial charge in [0.05, 0.1) is 36.9 Å². The van der Waals surface area contributed by atoms with Crippen LogP contribution in [0.25, 0.3) is 21.6 Å². The number of nitro groups is 1. The maximum absolute atomic E-state index is 12.5. The molecule has 0 unspecified atom stereocenters. The monoisotopic (exact) mass is 738 g/mol. The molecule has 254 valence electrons. The van der Waals surface area contributed by atoms with Gasteiger partial charge in [-0.15, -0.1) is 15.3 Å². The van der Waals surface area contributed by atoms with Crippen molar-refractivity contribution in [1.82, 2.24) is 9.78 Å². The van der Waals surface area contributed by atoms with E-state index in [1.165, 1.54) is 18.2 Å². The van der Waals surface area contributed by atoms with E-state index in [2.05, 4.69) is 25.6 Å². The third-order valence-corrected chi connectivity index (χ3v) is 7.67. The van der Waals surface area contributed by atoms with E-state index < -0.39 is 26.6 Å². The molecule has 1 heterocycles. The molecule has 0 bridgehead atoms. The van der Waals surface area contributed by atoms with Crippen molar-refractivity contribution in [3.05, 3.63) is 124 Å². The predicted molar refractivity (Wildman–Crippen MR) is 174 cm³/mol. The zero-order chi connectivity index (χ0) is 35.3. The molecule has 6 rings (SSSR count). The van der Waals surface area contributed by atoms with Crippen LogP contribution in [-0.2, 0) is 26.8 Å². The minimum Gasteiger partial charge on any atom is -0.871 e. The number of non-ortho nitro benzene ring substituents is 1. The molecular weight excluding hydrogens is 715 g/mol. The summed E-state index contributed by atoms with van der Waals surface area (Å²) in [6.45, 7) is 1.57. The van der Waals surface area contributed by atoms with Crippen molar-refractivity contribution in [2.45, 2.75) is 11.8 Å². The second-order valence-corrected chi connectivity index (χ2v) is 11.6. The number of azo groups is 2. The van der Waals surface area contributed by atoms with Crippen LogP contribution in [0.4, 0.5) is 28.4 Å². The molecular formula is C32H23CoN8O8S. The predicted octanol–water partition coefficient (Wildman–Crippen LogP) is 7.06. The van der Waals surface area contributed by atoms with E-state index in [0.29, 0.717) is 16.8 Å². The van der Waals surface area contributed by atoms with Gasteiger partial charge in [-0.1, -0.05) is 60.3 Å². The van der Waals surface area contributed by atoms with Crippen molar-refractivity contribution < 1.29 is 50.5 Å². The number of sulfonamides is 1. The molecule has 0 amide bonds. The minimum atomic E-state index is -4.24. The number of phenols is 2. The van der Waals surface area contributed by atoms with E-state index in [0.717, 1.165) is 34.3 Å². The first-order valence-corrected chi connectivity index (χ1v) is 15.5. The second-order valence-electron chi connectivity index (χ2n) is 10.1. The van der Waals surface area contributed by atoms with Crippen LogP contribution in [0.2, 0.25) is 0 Å². The molecule has 0 aliphatic carbocycles. The molecule has 3 N–H and O–H groups in total. The van der Waals surface area contributed by atoms with Crippen molar-refractivity contribution >= 4 is 49.2 Å². The van der Waals surface area contributed by atoms with Gasteiger partial charge in [-0.2, -0.15) is 10.2 Å². The van der Waals surface area contributed by atoms with E-state index in [-0.39, 0.29) is 61.6 Å². The van der Waals surface area contributed by atoms with E-state index in [1.54, 1.807) is 55.5 Å². The summed E-state index contributed by atoms with van der Waals surface area (Å²) in [5.74, 6) is -1.41. The number of aryl methyl sites for hydroxylation is 1. The summed E-state index contributed by atoms with van der Waals surface area (Å²) in [6, 6.07) is 25.6. The van der Waals surface area contributed by atoms with Gasteiger partial charge >= 0.3 is 16.8 Å². The number of fused-ring (bicyclic) bond motifs is 1. The number of benzene rings is 5. The average Bonchev–Trinajstić information content (AvgIpc) is 3.36. The first kappa shape index (κ1) is 36.6. The fraction of sp³-hybridized carbons (Fsp3) is 0.0312. The molecule has 0 spiro atoms. The first-order chi connectivity index (χ1) is 23.3. The standard InChI is InChI=1S/C16H14N5O4S.C16H11N3O4.Co/c1-10-15(16(23)21(20-10)11-5-3-2-4-6-11)19-18-13-9-12(26(17,24)25)7-8-14(13)22;20-14-8-6-11(19(22)23)9-13(14)17-18-16-12-4-2-1-3-10(12)5-7-15(16)21;/h2-9H,1H3,(H3-,17,18,19,20,22,23,24,25);1-9,20-21H;/q-1;;+3/p-2. The number of nitro benzene ring substituents is 1. The molecule has 18 heteroatoms. The average molecular weight is 739 g/mol. The summed E-state index contributed by atoms with van der Waals surface area (Å²) in [5, 5.41) is 82.7. The quantitative estimate of drug-likeness (QED) is 0.0964. The van der Waals surface area contributed by atoms with Crippen molar-refractivity contribution in [1.29, 1.82) is 0 Å². The SMILES string of the molecule is Cc1nn(-c2ccccc2)c([O-])c1N=Nc1cc(S([NH-])(=O)=O)ccc1[O-].O=[N+]([O-])c1ccc(O)c(N=Nc2c(O)ccc3ccccc23)c1.[Co+3]. The molecule has 0 radical (unpaired) electrons. The normalized spacial score (nSPS) is 11.3. The Morgan fingerprint density at radius 3 is 2.12 bits per heavy atom. The van der Waals surface area contributed by atoms with Gasteiger partial charge in [-0.25, -0.2) is 13.1 Å². The molecule has 0 saturated heterocycles. The summed E-state index contributed by atoms with van der Waals surface area (Å²) < 4.78 is 23.7. The first-order valence-electron chi connectivity index (χ1n) is 14.0. The summed E-state index contributed by atoms with van der Waals surface area (Å²) >= 11 is 0. The van der Waals surface area contributed by atoms with Gasteiger partial charge in [0, 0.05) is 23.4 Å². The minimum absolute atomic E-state index is 0. The maximum Gasteiger partial charge on any atom is 3.00 e. The van der Waals surface area contributed by atoms with Crippen LogP contribution in [0.3, 0.4) is 0 Å². The number of rotatable bonds is 7. The number of nitrogens with one attached hydrogen (secondary N) is 1. The molecule has 5 aromatic carbocycles. The molecule has 0 aliphatic rings. The summed E-state index contributed by atoms with van der Waals surface area (Å²) in [7, 11) is -4.24. The van der Waals surface area contributed by atoms with E-state index in [4.69, 9.17) is 5.14 Å². The van der Waals surface area contributed by atoms with Crippen LogP contribution in [0.5, 0.6) is 23.1 Å². The zero-order valence-corrected chi connectivity index (χ0v) is 27.4. The van der Waals surface area contributed by atoms with Crippen molar-refractivity contribution in [3.8, 4) is 28.8 Å². The molecule has 0 fully saturated rings. The fourth-order valence-corrected chi connectivity index (χ4v) is 4.88.